The van der Waals surface area contributed by atoms with Crippen molar-refractivity contribution in [2.24, 2.45) is 5.11 Å². The van der Waals surface area contributed by atoms with E-state index in [0.717, 1.165) is 0 Å². The zero-order chi connectivity index (χ0) is 10.9. The van der Waals surface area contributed by atoms with E-state index in [-0.39, 0.29) is 5.91 Å². The SMILES string of the molecule is [N-]=[N+]=NCCCNC(=O)C1COCCO1. The normalized spacial score (nSPS) is 20.4. The summed E-state index contributed by atoms with van der Waals surface area (Å²) in [6.07, 6.45) is 0.127. The van der Waals surface area contributed by atoms with Gasteiger partial charge in [0.1, 0.15) is 0 Å². The number of azide groups is 1. The molecule has 84 valence electrons. The highest BCUT2D eigenvalue weighted by atomic mass is 16.6. The second-order valence-electron chi connectivity index (χ2n) is 3.03. The van der Waals surface area contributed by atoms with Gasteiger partial charge in [-0.05, 0) is 12.0 Å². The highest BCUT2D eigenvalue weighted by Gasteiger charge is 2.21. The maximum atomic E-state index is 11.4. The van der Waals surface area contributed by atoms with E-state index in [1.165, 1.54) is 0 Å². The van der Waals surface area contributed by atoms with E-state index in [0.29, 0.717) is 39.3 Å². The van der Waals surface area contributed by atoms with Crippen LogP contribution in [0.4, 0.5) is 0 Å². The van der Waals surface area contributed by atoms with Crippen molar-refractivity contribution in [3.63, 3.8) is 0 Å². The molecule has 0 bridgehead atoms. The molecule has 1 saturated heterocycles. The molecule has 1 amide bonds. The molecule has 0 saturated carbocycles. The third-order valence-electron chi connectivity index (χ3n) is 1.91. The lowest BCUT2D eigenvalue weighted by atomic mass is 10.3. The zero-order valence-electron chi connectivity index (χ0n) is 8.39. The van der Waals surface area contributed by atoms with Gasteiger partial charge in [0.25, 0.3) is 5.91 Å². The minimum atomic E-state index is -0.502. The molecule has 0 spiro atoms. The molecule has 1 aliphatic rings. The van der Waals surface area contributed by atoms with Crippen LogP contribution in [-0.4, -0.2) is 44.9 Å². The number of ether oxygens (including phenoxy) is 2. The van der Waals surface area contributed by atoms with Crippen LogP contribution < -0.4 is 5.32 Å². The predicted molar refractivity (Wildman–Crippen MR) is 52.2 cm³/mol. The molecule has 1 heterocycles. The van der Waals surface area contributed by atoms with Crippen LogP contribution in [0.2, 0.25) is 0 Å². The quantitative estimate of drug-likeness (QED) is 0.307. The molecule has 1 rings (SSSR count). The second kappa shape index (κ2) is 7.05. The van der Waals surface area contributed by atoms with Crippen molar-refractivity contribution < 1.29 is 14.3 Å². The molecule has 7 heteroatoms. The Morgan fingerprint density at radius 1 is 1.60 bits per heavy atom. The van der Waals surface area contributed by atoms with E-state index in [1.54, 1.807) is 0 Å². The first-order valence-corrected chi connectivity index (χ1v) is 4.82. The van der Waals surface area contributed by atoms with Crippen LogP contribution in [0.25, 0.3) is 10.4 Å². The molecule has 0 aromatic carbocycles. The molecule has 15 heavy (non-hydrogen) atoms. The molecule has 0 aromatic rings. The molecule has 1 unspecified atom stereocenters. The lowest BCUT2D eigenvalue weighted by molar-refractivity contribution is -0.147. The van der Waals surface area contributed by atoms with E-state index in [2.05, 4.69) is 15.3 Å². The predicted octanol–water partition coefficient (Wildman–Crippen LogP) is 0.218. The highest BCUT2D eigenvalue weighted by Crippen LogP contribution is 2.00. The Morgan fingerprint density at radius 3 is 3.13 bits per heavy atom. The topological polar surface area (TPSA) is 96.3 Å². The average molecular weight is 214 g/mol. The average Bonchev–Trinajstić information content (AvgIpc) is 2.30. The van der Waals surface area contributed by atoms with E-state index in [9.17, 15) is 4.79 Å². The summed E-state index contributed by atoms with van der Waals surface area (Å²) in [5.41, 5.74) is 8.01. The van der Waals surface area contributed by atoms with Gasteiger partial charge in [-0.1, -0.05) is 5.11 Å². The van der Waals surface area contributed by atoms with Crippen molar-refractivity contribution in [1.82, 2.24) is 5.32 Å². The van der Waals surface area contributed by atoms with Gasteiger partial charge in [-0.2, -0.15) is 0 Å². The van der Waals surface area contributed by atoms with Crippen LogP contribution in [-0.2, 0) is 14.3 Å². The minimum absolute atomic E-state index is 0.171. The van der Waals surface area contributed by atoms with Gasteiger partial charge in [-0.25, -0.2) is 0 Å². The van der Waals surface area contributed by atoms with Crippen molar-refractivity contribution in [2.45, 2.75) is 12.5 Å². The number of hydrogen-bond donors (Lipinski definition) is 1. The lowest BCUT2D eigenvalue weighted by Gasteiger charge is -2.21. The Balaban J connectivity index is 2.09. The van der Waals surface area contributed by atoms with Gasteiger partial charge in [0.2, 0.25) is 0 Å². The van der Waals surface area contributed by atoms with Crippen molar-refractivity contribution in [1.29, 1.82) is 0 Å². The minimum Gasteiger partial charge on any atom is -0.376 e. The zero-order valence-corrected chi connectivity index (χ0v) is 8.39. The summed E-state index contributed by atoms with van der Waals surface area (Å²) in [7, 11) is 0. The molecule has 0 radical (unpaired) electrons. The van der Waals surface area contributed by atoms with Crippen molar-refractivity contribution in [3.8, 4) is 0 Å². The fourth-order valence-electron chi connectivity index (χ4n) is 1.16. The molecule has 0 aromatic heterocycles. The lowest BCUT2D eigenvalue weighted by Crippen LogP contribution is -2.43. The summed E-state index contributed by atoms with van der Waals surface area (Å²) in [6.45, 7) is 2.18. The Labute approximate surface area is 87.4 Å². The summed E-state index contributed by atoms with van der Waals surface area (Å²) in [5, 5.41) is 6.04. The van der Waals surface area contributed by atoms with E-state index >= 15 is 0 Å². The number of rotatable bonds is 5. The molecule has 7 nitrogen and oxygen atoms in total. The smallest absolute Gasteiger partial charge is 0.251 e. The van der Waals surface area contributed by atoms with Crippen LogP contribution in [0.1, 0.15) is 6.42 Å². The monoisotopic (exact) mass is 214 g/mol. The maximum absolute atomic E-state index is 11.4. The van der Waals surface area contributed by atoms with Crippen LogP contribution in [0.5, 0.6) is 0 Å². The third-order valence-corrected chi connectivity index (χ3v) is 1.91. The Hall–Kier alpha value is -1.30. The maximum Gasteiger partial charge on any atom is 0.251 e. The number of amides is 1. The molecule has 1 aliphatic heterocycles. The summed E-state index contributed by atoms with van der Waals surface area (Å²) in [4.78, 5) is 14.0. The first-order valence-electron chi connectivity index (χ1n) is 4.82. The van der Waals surface area contributed by atoms with Crippen LogP contribution in [0.15, 0.2) is 5.11 Å². The summed E-state index contributed by atoms with van der Waals surface area (Å²) in [5.74, 6) is -0.171. The fraction of sp³-hybridized carbons (Fsp3) is 0.875. The van der Waals surface area contributed by atoms with Gasteiger partial charge < -0.3 is 14.8 Å². The van der Waals surface area contributed by atoms with Crippen molar-refractivity contribution in [3.05, 3.63) is 10.4 Å². The Bertz CT molecular complexity index is 246. The van der Waals surface area contributed by atoms with Gasteiger partial charge in [0, 0.05) is 18.0 Å². The Morgan fingerprint density at radius 2 is 2.47 bits per heavy atom. The second-order valence-corrected chi connectivity index (χ2v) is 3.03. The summed E-state index contributed by atoms with van der Waals surface area (Å²) in [6, 6.07) is 0. The molecule has 0 aliphatic carbocycles. The van der Waals surface area contributed by atoms with Crippen molar-refractivity contribution in [2.75, 3.05) is 32.9 Å². The van der Waals surface area contributed by atoms with E-state index < -0.39 is 6.10 Å². The van der Waals surface area contributed by atoms with Gasteiger partial charge in [-0.15, -0.1) is 0 Å². The molecule has 1 atom stereocenters. The first-order chi connectivity index (χ1) is 7.34. The van der Waals surface area contributed by atoms with Gasteiger partial charge >= 0.3 is 0 Å². The van der Waals surface area contributed by atoms with Gasteiger partial charge in [0.15, 0.2) is 6.10 Å². The number of hydrogen-bond acceptors (Lipinski definition) is 4. The van der Waals surface area contributed by atoms with E-state index in [4.69, 9.17) is 15.0 Å². The number of nitrogens with zero attached hydrogens (tertiary/aromatic N) is 3. The van der Waals surface area contributed by atoms with Gasteiger partial charge in [0.05, 0.1) is 19.8 Å². The largest absolute Gasteiger partial charge is 0.376 e. The van der Waals surface area contributed by atoms with E-state index in [1.807, 2.05) is 0 Å². The summed E-state index contributed by atoms with van der Waals surface area (Å²) >= 11 is 0. The molecule has 1 N–H and O–H groups in total. The third kappa shape index (κ3) is 4.64. The fourth-order valence-corrected chi connectivity index (χ4v) is 1.16. The van der Waals surface area contributed by atoms with Crippen LogP contribution >= 0.6 is 0 Å². The van der Waals surface area contributed by atoms with Gasteiger partial charge in [-0.3, -0.25) is 4.79 Å². The highest BCUT2D eigenvalue weighted by molar-refractivity contribution is 5.80. The van der Waals surface area contributed by atoms with Crippen LogP contribution in [0.3, 0.4) is 0 Å². The number of carbonyl (C=O) groups excluding carboxylic acids is 1. The first kappa shape index (κ1) is 11.8. The summed E-state index contributed by atoms with van der Waals surface area (Å²) < 4.78 is 10.3. The van der Waals surface area contributed by atoms with Crippen LogP contribution in [0, 0.1) is 0 Å². The number of carbonyl (C=O) groups is 1. The molecular formula is C8H14N4O3. The molecule has 1 fully saturated rings. The molecular weight excluding hydrogens is 200 g/mol. The standard InChI is InChI=1S/C8H14N4O3/c9-12-11-3-1-2-10-8(13)7-6-14-4-5-15-7/h7H,1-6H2,(H,10,13). The number of nitrogens with one attached hydrogen (secondary N) is 1. The van der Waals surface area contributed by atoms with Crippen molar-refractivity contribution >= 4 is 5.91 Å². The Kier molecular flexibility index (Phi) is 5.54.